The maximum atomic E-state index is 12.7. The molecule has 7 heteroatoms. The monoisotopic (exact) mass is 374 g/mol. The zero-order chi connectivity index (χ0) is 18.3. The lowest BCUT2D eigenvalue weighted by atomic mass is 9.99. The third-order valence-electron chi connectivity index (χ3n) is 5.91. The summed E-state index contributed by atoms with van der Waals surface area (Å²) in [5, 5.41) is 0.707. The Morgan fingerprint density at radius 2 is 2.12 bits per heavy atom. The van der Waals surface area contributed by atoms with E-state index >= 15 is 0 Å². The molecule has 26 heavy (non-hydrogen) atoms. The van der Waals surface area contributed by atoms with Crippen molar-refractivity contribution < 1.29 is 4.79 Å². The van der Waals surface area contributed by atoms with Crippen molar-refractivity contribution in [1.29, 1.82) is 0 Å². The van der Waals surface area contributed by atoms with Gasteiger partial charge in [0.25, 0.3) is 5.56 Å². The average molecular weight is 375 g/mol. The molecule has 2 fully saturated rings. The fraction of sp³-hybridized carbons (Fsp3) is 0.632. The molecule has 0 aliphatic carbocycles. The van der Waals surface area contributed by atoms with E-state index in [-0.39, 0.29) is 11.5 Å². The molecule has 1 unspecified atom stereocenters. The molecule has 4 rings (SSSR count). The Morgan fingerprint density at radius 3 is 2.96 bits per heavy atom. The molecular weight excluding hydrogens is 348 g/mol. The Morgan fingerprint density at radius 1 is 1.27 bits per heavy atom. The zero-order valence-electron chi connectivity index (χ0n) is 15.5. The molecule has 0 saturated carbocycles. The molecule has 1 amide bonds. The van der Waals surface area contributed by atoms with Gasteiger partial charge in [0, 0.05) is 43.5 Å². The number of aromatic nitrogens is 2. The predicted octanol–water partition coefficient (Wildman–Crippen LogP) is 2.16. The lowest BCUT2D eigenvalue weighted by molar-refractivity contribution is -0.135. The van der Waals surface area contributed by atoms with Crippen LogP contribution in [0.15, 0.2) is 11.1 Å². The first-order chi connectivity index (χ1) is 12.5. The largest absolute Gasteiger partial charge is 0.340 e. The summed E-state index contributed by atoms with van der Waals surface area (Å²) in [6, 6.07) is 0.527. The Kier molecular flexibility index (Phi) is 4.84. The summed E-state index contributed by atoms with van der Waals surface area (Å²) in [4.78, 5) is 36.3. The summed E-state index contributed by atoms with van der Waals surface area (Å²) >= 11 is 1.55. The Hall–Kier alpha value is -1.73. The van der Waals surface area contributed by atoms with E-state index in [0.29, 0.717) is 24.4 Å². The molecule has 2 saturated heterocycles. The van der Waals surface area contributed by atoms with Crippen LogP contribution in [-0.4, -0.2) is 57.5 Å². The third kappa shape index (κ3) is 3.18. The predicted molar refractivity (Wildman–Crippen MR) is 104 cm³/mol. The van der Waals surface area contributed by atoms with Crippen LogP contribution in [0.2, 0.25) is 0 Å². The number of piperazine rings is 1. The highest BCUT2D eigenvalue weighted by Crippen LogP contribution is 2.25. The number of nitrogens with zero attached hydrogens (tertiary/aromatic N) is 4. The normalized spacial score (nSPS) is 21.2. The molecule has 2 aliphatic rings. The van der Waals surface area contributed by atoms with Gasteiger partial charge in [-0.3, -0.25) is 19.1 Å². The van der Waals surface area contributed by atoms with E-state index in [1.807, 2.05) is 18.7 Å². The summed E-state index contributed by atoms with van der Waals surface area (Å²) in [6.07, 6.45) is 5.70. The molecule has 0 spiro atoms. The summed E-state index contributed by atoms with van der Waals surface area (Å²) in [5.74, 6) is 0.153. The highest BCUT2D eigenvalue weighted by atomic mass is 32.1. The molecule has 140 valence electrons. The first kappa shape index (κ1) is 17.7. The minimum Gasteiger partial charge on any atom is -0.340 e. The maximum absolute atomic E-state index is 12.7. The van der Waals surface area contributed by atoms with E-state index in [1.165, 1.54) is 25.8 Å². The lowest BCUT2D eigenvalue weighted by Crippen LogP contribution is -2.56. The molecule has 1 atom stereocenters. The van der Waals surface area contributed by atoms with E-state index in [4.69, 9.17) is 0 Å². The number of aryl methyl sites for hydroxylation is 3. The van der Waals surface area contributed by atoms with E-state index in [2.05, 4.69) is 9.88 Å². The number of hydrogen-bond donors (Lipinski definition) is 0. The standard InChI is InChI=1S/C19H26N4O2S/c1-13-14(2)26-18-17(13)19(25)23(12-20-18)8-6-16(24)22-10-9-21-7-4-3-5-15(21)11-22/h12,15H,3-11H2,1-2H3. The molecule has 0 bridgehead atoms. The van der Waals surface area contributed by atoms with Gasteiger partial charge in [0.2, 0.25) is 5.91 Å². The second-order valence-corrected chi connectivity index (χ2v) is 8.69. The fourth-order valence-electron chi connectivity index (χ4n) is 4.19. The van der Waals surface area contributed by atoms with Gasteiger partial charge in [-0.25, -0.2) is 4.98 Å². The van der Waals surface area contributed by atoms with Crippen LogP contribution in [0.5, 0.6) is 0 Å². The molecule has 2 aliphatic heterocycles. The van der Waals surface area contributed by atoms with E-state index in [9.17, 15) is 9.59 Å². The van der Waals surface area contributed by atoms with Gasteiger partial charge in [-0.15, -0.1) is 11.3 Å². The van der Waals surface area contributed by atoms with Gasteiger partial charge in [-0.2, -0.15) is 0 Å². The van der Waals surface area contributed by atoms with Gasteiger partial charge in [0.15, 0.2) is 0 Å². The first-order valence-corrected chi connectivity index (χ1v) is 10.3. The summed E-state index contributed by atoms with van der Waals surface area (Å²) in [5.41, 5.74) is 0.985. The molecule has 0 radical (unpaired) electrons. The van der Waals surface area contributed by atoms with Crippen molar-refractivity contribution in [3.8, 4) is 0 Å². The van der Waals surface area contributed by atoms with Crippen LogP contribution in [0.1, 0.15) is 36.1 Å². The molecule has 2 aromatic rings. The van der Waals surface area contributed by atoms with Crippen molar-refractivity contribution in [2.45, 2.75) is 52.1 Å². The number of carbonyl (C=O) groups is 1. The van der Waals surface area contributed by atoms with Crippen molar-refractivity contribution in [2.75, 3.05) is 26.2 Å². The lowest BCUT2D eigenvalue weighted by Gasteiger charge is -2.44. The van der Waals surface area contributed by atoms with Gasteiger partial charge in [0.1, 0.15) is 4.83 Å². The van der Waals surface area contributed by atoms with Crippen LogP contribution >= 0.6 is 11.3 Å². The number of thiophene rings is 1. The number of piperidine rings is 1. The minimum absolute atomic E-state index is 0.0262. The molecule has 2 aromatic heterocycles. The van der Waals surface area contributed by atoms with Gasteiger partial charge in [-0.1, -0.05) is 6.42 Å². The second-order valence-electron chi connectivity index (χ2n) is 7.48. The first-order valence-electron chi connectivity index (χ1n) is 9.51. The van der Waals surface area contributed by atoms with E-state index in [1.54, 1.807) is 22.2 Å². The second kappa shape index (κ2) is 7.12. The van der Waals surface area contributed by atoms with Crippen molar-refractivity contribution >= 4 is 27.5 Å². The van der Waals surface area contributed by atoms with Gasteiger partial charge >= 0.3 is 0 Å². The molecule has 4 heterocycles. The topological polar surface area (TPSA) is 58.4 Å². The molecule has 6 nitrogen and oxygen atoms in total. The van der Waals surface area contributed by atoms with Crippen LogP contribution in [0, 0.1) is 13.8 Å². The Bertz CT molecular complexity index is 888. The van der Waals surface area contributed by atoms with E-state index < -0.39 is 0 Å². The zero-order valence-corrected chi connectivity index (χ0v) is 16.3. The summed E-state index contributed by atoms with van der Waals surface area (Å²) in [6.45, 7) is 8.19. The molecule has 0 N–H and O–H groups in total. The molecule has 0 aromatic carbocycles. The van der Waals surface area contributed by atoms with Crippen molar-refractivity contribution in [3.05, 3.63) is 27.1 Å². The van der Waals surface area contributed by atoms with Crippen LogP contribution in [0.25, 0.3) is 10.2 Å². The van der Waals surface area contributed by atoms with Crippen LogP contribution in [0.3, 0.4) is 0 Å². The van der Waals surface area contributed by atoms with Gasteiger partial charge < -0.3 is 4.90 Å². The highest BCUT2D eigenvalue weighted by Gasteiger charge is 2.30. The number of carbonyl (C=O) groups excluding carboxylic acids is 1. The summed E-state index contributed by atoms with van der Waals surface area (Å²) in [7, 11) is 0. The third-order valence-corrected chi connectivity index (χ3v) is 7.03. The Labute approximate surface area is 157 Å². The maximum Gasteiger partial charge on any atom is 0.262 e. The number of rotatable bonds is 3. The van der Waals surface area contributed by atoms with Gasteiger partial charge in [-0.05, 0) is 38.8 Å². The summed E-state index contributed by atoms with van der Waals surface area (Å²) < 4.78 is 1.59. The Balaban J connectivity index is 1.43. The van der Waals surface area contributed by atoms with E-state index in [0.717, 1.165) is 34.9 Å². The van der Waals surface area contributed by atoms with Gasteiger partial charge in [0.05, 0.1) is 11.7 Å². The van der Waals surface area contributed by atoms with Crippen molar-refractivity contribution in [1.82, 2.24) is 19.4 Å². The quantitative estimate of drug-likeness (QED) is 0.826. The van der Waals surface area contributed by atoms with Crippen molar-refractivity contribution in [3.63, 3.8) is 0 Å². The SMILES string of the molecule is Cc1sc2ncn(CCC(=O)N3CCN4CCCCC4C3)c(=O)c2c1C. The fourth-order valence-corrected chi connectivity index (χ4v) is 5.17. The minimum atomic E-state index is -0.0262. The average Bonchev–Trinajstić information content (AvgIpc) is 2.95. The van der Waals surface area contributed by atoms with Crippen LogP contribution in [0.4, 0.5) is 0 Å². The smallest absolute Gasteiger partial charge is 0.262 e. The number of hydrogen-bond acceptors (Lipinski definition) is 5. The molecular formula is C19H26N4O2S. The van der Waals surface area contributed by atoms with Crippen LogP contribution < -0.4 is 5.56 Å². The van der Waals surface area contributed by atoms with Crippen molar-refractivity contribution in [2.24, 2.45) is 0 Å². The number of amides is 1. The van der Waals surface area contributed by atoms with Crippen LogP contribution in [-0.2, 0) is 11.3 Å². The number of fused-ring (bicyclic) bond motifs is 2. The highest BCUT2D eigenvalue weighted by molar-refractivity contribution is 7.18.